The van der Waals surface area contributed by atoms with Gasteiger partial charge >= 0.3 is 39.0 Å². The summed E-state index contributed by atoms with van der Waals surface area (Å²) in [5, 5.41) is 0. The Labute approximate surface area is 886 Å². The van der Waals surface area contributed by atoms with Gasteiger partial charge in [-0.25, -0.2) is 29.1 Å². The molecule has 30 heteroatoms. The number of rotatable bonds is 44. The maximum absolute atomic E-state index is 6.41. The van der Waals surface area contributed by atoms with E-state index in [1.165, 1.54) is 0 Å². The van der Waals surface area contributed by atoms with Gasteiger partial charge in [0.15, 0.2) is 24.8 Å². The Morgan fingerprint density at radius 1 is 0.239 bits per heavy atom. The summed E-state index contributed by atoms with van der Waals surface area (Å²) >= 11 is 0. The Balaban J connectivity index is 0.00000450. The molecule has 718 valence electrons. The van der Waals surface area contributed by atoms with Crippen LogP contribution in [0.15, 0.2) is 195 Å². The summed E-state index contributed by atoms with van der Waals surface area (Å²) in [7, 11) is 10.5. The van der Waals surface area contributed by atoms with E-state index >= 15 is 0 Å². The number of fused-ring (bicyclic) bond motifs is 16. The Bertz CT molecular complexity index is 6510. The van der Waals surface area contributed by atoms with Gasteiger partial charge in [-0.15, -0.1) is 44.1 Å². The molecule has 0 saturated heterocycles. The number of nitrogens with zero attached hydrogens (tertiary/aromatic N) is 10. The van der Waals surface area contributed by atoms with Crippen molar-refractivity contribution >= 4 is 92.7 Å². The number of ether oxygens (including phenoxy) is 16. The molecule has 16 rings (SSSR count). The van der Waals surface area contributed by atoms with Crippen molar-refractivity contribution in [2.45, 2.75) is 0 Å². The van der Waals surface area contributed by atoms with Crippen molar-refractivity contribution in [1.82, 2.24) is 39.9 Å². The summed E-state index contributed by atoms with van der Waals surface area (Å²) < 4.78 is 96.3. The summed E-state index contributed by atoms with van der Waals surface area (Å²) in [5.74, 6) is 30.1. The fourth-order valence-corrected chi connectivity index (χ4v) is 15.2. The van der Waals surface area contributed by atoms with E-state index in [1.54, 1.807) is 28.4 Å². The molecule has 12 heterocycles. The van der Waals surface area contributed by atoms with Gasteiger partial charge in [-0.3, -0.25) is 0 Å². The van der Waals surface area contributed by atoms with E-state index < -0.39 is 0 Å². The molecule has 0 fully saturated rings. The molecule has 0 amide bonds. The Morgan fingerprint density at radius 2 is 0.451 bits per heavy atom. The second-order valence-electron chi connectivity index (χ2n) is 31.6. The Morgan fingerprint density at radius 3 is 0.690 bits per heavy atom. The molecule has 0 N–H and O–H groups in total. The van der Waals surface area contributed by atoms with Crippen molar-refractivity contribution in [2.24, 2.45) is 14.1 Å². The molecule has 26 nitrogen and oxygen atoms in total. The van der Waals surface area contributed by atoms with Gasteiger partial charge in [-0.1, -0.05) is 133 Å². The molecule has 0 saturated carbocycles. The van der Waals surface area contributed by atoms with E-state index in [0.29, 0.717) is 289 Å². The molecular formula is C112H106I2N10O16Zn2. The zero-order valence-corrected chi connectivity index (χ0v) is 90.5. The second kappa shape index (κ2) is 57.4. The van der Waals surface area contributed by atoms with Gasteiger partial charge in [-0.2, -0.15) is 0 Å². The first-order valence-corrected chi connectivity index (χ1v) is 45.7. The van der Waals surface area contributed by atoms with E-state index in [0.717, 1.165) is 33.4 Å². The maximum Gasteiger partial charge on any atom is 2.00 e. The van der Waals surface area contributed by atoms with E-state index in [4.69, 9.17) is 116 Å². The van der Waals surface area contributed by atoms with Crippen molar-refractivity contribution in [3.05, 3.63) is 274 Å². The molecule has 0 atom stereocenters. The van der Waals surface area contributed by atoms with Crippen molar-refractivity contribution in [3.63, 3.8) is 0 Å². The molecular weight excluding hydrogens is 2130 g/mol. The molecule has 4 aromatic carbocycles. The van der Waals surface area contributed by atoms with Crippen molar-refractivity contribution in [1.29, 1.82) is 0 Å². The van der Waals surface area contributed by atoms with Crippen molar-refractivity contribution in [3.8, 4) is 115 Å². The molecule has 4 aliphatic rings. The standard InChI is InChI=1S/C112H106N10O16.2HI.2Zn/c1-121-47-43-79(44-48-121)23-25-91-97-31-39-105(117-97)109(81-13-9-17-85(75-81)135-71-67-131-63-59-127-55-51-123-3)101-35-27-93(113-101)89(94-28-36-102(114-94)110(106-40-32-98(91)118-106)82-14-10-18-86(76-82)136-72-68-132-64-60-128-56-52-124-4)21-7-8-22-90-95-29-37-103(115-95)111(83-15-11-19-87(77-83)137-73-69-133-65-61-129-57-53-125-5)107-41-33-99(119-107)92(26-24-80-45-49-122(2)50-46-80)100-34-42-108(120-100)112(104-38-30-96(90)116-104)84-16-12-20-88(78-84)138-74-70-134-66-62-130-58-54-126-6;;;;/h9-20,27-50,75-78H,51-74H2,1-6H3;2*1H;;/q-2;;;2*+2/p-2. The first kappa shape index (κ1) is 109. The molecule has 16 bridgehead atoms. The van der Waals surface area contributed by atoms with Crippen LogP contribution in [0.5, 0.6) is 23.0 Å². The van der Waals surface area contributed by atoms with Crippen molar-refractivity contribution < 1.29 is 172 Å². The van der Waals surface area contributed by atoms with Crippen molar-refractivity contribution in [2.75, 3.05) is 187 Å². The monoisotopic (exact) mass is 2230 g/mol. The van der Waals surface area contributed by atoms with Gasteiger partial charge in [-0.05, 0) is 153 Å². The summed E-state index contributed by atoms with van der Waals surface area (Å²) in [5.41, 5.74) is 18.9. The minimum atomic E-state index is 0. The summed E-state index contributed by atoms with van der Waals surface area (Å²) in [6, 6.07) is 55.2. The third kappa shape index (κ3) is 30.3. The van der Waals surface area contributed by atoms with E-state index in [1.807, 2.05) is 266 Å². The number of benzene rings is 4. The summed E-state index contributed by atoms with van der Waals surface area (Å²) in [4.78, 5) is 44.2. The Kier molecular flexibility index (Phi) is 44.0. The number of aromatic nitrogens is 10. The average Bonchev–Trinajstić information content (AvgIpc) is 1.62. The minimum absolute atomic E-state index is 0. The minimum Gasteiger partial charge on any atom is -1.00 e. The molecule has 0 radical (unpaired) electrons. The number of hydrogen-bond acceptors (Lipinski definition) is 20. The number of hydrogen-bond donors (Lipinski definition) is 0. The van der Waals surface area contributed by atoms with Gasteiger partial charge in [0.2, 0.25) is 0 Å². The molecule has 0 unspecified atom stereocenters. The molecule has 0 spiro atoms. The normalized spacial score (nSPS) is 11.3. The molecule has 0 aliphatic carbocycles. The average molecular weight is 2230 g/mol. The van der Waals surface area contributed by atoms with E-state index in [-0.39, 0.29) is 113 Å². The van der Waals surface area contributed by atoms with E-state index in [2.05, 4.69) is 47.4 Å². The van der Waals surface area contributed by atoms with Gasteiger partial charge in [0.05, 0.1) is 178 Å². The number of halogens is 2. The topological polar surface area (TPSA) is 263 Å². The summed E-state index contributed by atoms with van der Waals surface area (Å²) in [6.07, 6.45) is 23.7. The fourth-order valence-electron chi connectivity index (χ4n) is 15.2. The van der Waals surface area contributed by atoms with Crippen LogP contribution in [0.2, 0.25) is 0 Å². The maximum atomic E-state index is 6.41. The van der Waals surface area contributed by atoms with Crippen LogP contribution < -0.4 is 96.0 Å². The van der Waals surface area contributed by atoms with Gasteiger partial charge in [0.1, 0.15) is 63.5 Å². The van der Waals surface area contributed by atoms with Crippen LogP contribution in [-0.4, -0.2) is 207 Å². The van der Waals surface area contributed by atoms with Crippen LogP contribution in [0.3, 0.4) is 0 Å². The zero-order chi connectivity index (χ0) is 94.7. The van der Waals surface area contributed by atoms with Crippen LogP contribution in [0.4, 0.5) is 0 Å². The predicted octanol–water partition coefficient (Wildman–Crippen LogP) is 8.90. The van der Waals surface area contributed by atoms with Crippen LogP contribution in [0.25, 0.3) is 137 Å². The largest absolute Gasteiger partial charge is 2.00 e. The number of aryl methyl sites for hydroxylation is 2. The molecule has 142 heavy (non-hydrogen) atoms. The van der Waals surface area contributed by atoms with Crippen LogP contribution >= 0.6 is 0 Å². The third-order valence-electron chi connectivity index (χ3n) is 22.0. The fraction of sp³-hybridized carbons (Fsp3) is 0.268. The van der Waals surface area contributed by atoms with Gasteiger partial charge < -0.3 is 144 Å². The van der Waals surface area contributed by atoms with Gasteiger partial charge in [0, 0.05) is 86.1 Å². The Hall–Kier alpha value is -12.0. The third-order valence-corrected chi connectivity index (χ3v) is 22.0. The second-order valence-corrected chi connectivity index (χ2v) is 31.6. The van der Waals surface area contributed by atoms with E-state index in [9.17, 15) is 0 Å². The predicted molar refractivity (Wildman–Crippen MR) is 532 cm³/mol. The quantitative estimate of drug-likeness (QED) is 0.0113. The first-order chi connectivity index (χ1) is 68.1. The smallest absolute Gasteiger partial charge is 1.00 e. The zero-order valence-electron chi connectivity index (χ0n) is 80.2. The summed E-state index contributed by atoms with van der Waals surface area (Å²) in [6.45, 7) is 9.71. The molecule has 12 aromatic rings. The van der Waals surface area contributed by atoms with Crippen LogP contribution in [0, 0.1) is 47.4 Å². The molecule has 4 aliphatic heterocycles. The number of pyridine rings is 2. The van der Waals surface area contributed by atoms with Crippen LogP contribution in [0.1, 0.15) is 78.9 Å². The molecule has 8 aromatic heterocycles. The van der Waals surface area contributed by atoms with Gasteiger partial charge in [0.25, 0.3) is 0 Å². The SMILES string of the molecule is COCCOCCOCCOc1cccc(-c2c3nc(c(C#Cc4cc[n+](C)cc4)c4ccc([n-]4)c(-c4cccc(OCCOCCOCCOC)c4)c4nc(c(C#CC#Cc5c6nc(c(-c7cccc(OCCOCCOCCOC)c7)c7ccc([n-]7)c(C#Cc7cc[n+](C)cc7)c7nc(c(-c8cccc(OCCOCCOCCOC)c8)c8ccc5[n-]8)C=C7)C=C6)c5ccc2[n-]5)C=C4)C=C3)c1.[I-].[I-].[Zn+2].[Zn+2]. The number of methoxy groups -OCH3 is 4. The van der Waals surface area contributed by atoms with Crippen LogP contribution in [-0.2, 0) is 110 Å². The first-order valence-electron chi connectivity index (χ1n) is 45.7.